The van der Waals surface area contributed by atoms with Crippen molar-refractivity contribution in [3.63, 3.8) is 0 Å². The molecule has 2 aliphatic rings. The molecule has 3 aromatic carbocycles. The number of hydrogen-bond acceptors (Lipinski definition) is 9. The van der Waals surface area contributed by atoms with E-state index in [9.17, 15) is 9.59 Å². The Labute approximate surface area is 272 Å². The van der Waals surface area contributed by atoms with E-state index in [-0.39, 0.29) is 11.6 Å². The van der Waals surface area contributed by atoms with Crippen LogP contribution in [0.3, 0.4) is 0 Å². The van der Waals surface area contributed by atoms with Crippen LogP contribution in [0.25, 0.3) is 0 Å². The van der Waals surface area contributed by atoms with E-state index in [1.54, 1.807) is 7.11 Å². The fourth-order valence-corrected chi connectivity index (χ4v) is 11.3. The zero-order chi connectivity index (χ0) is 33.0. The smallest absolute Gasteiger partial charge is 0.303 e. The molecule has 46 heavy (non-hydrogen) atoms. The topological polar surface area (TPSA) is 92.8 Å². The number of methoxy groups -OCH3 is 1. The number of hydrogen-bond donors (Lipinski definition) is 0. The first-order valence-electron chi connectivity index (χ1n) is 15.7. The van der Waals surface area contributed by atoms with Crippen molar-refractivity contribution >= 4 is 30.6 Å². The first kappa shape index (κ1) is 33.8. The van der Waals surface area contributed by atoms with Crippen molar-refractivity contribution in [2.45, 2.75) is 70.3 Å². The third-order valence-electron chi connectivity index (χ3n) is 8.69. The van der Waals surface area contributed by atoms with Crippen molar-refractivity contribution in [1.29, 1.82) is 0 Å². The van der Waals surface area contributed by atoms with Crippen molar-refractivity contribution in [2.75, 3.05) is 33.4 Å². The van der Waals surface area contributed by atoms with E-state index in [1.165, 1.54) is 13.8 Å². The maximum atomic E-state index is 12.5. The molecule has 0 bridgehead atoms. The van der Waals surface area contributed by atoms with Crippen LogP contribution < -0.4 is 15.1 Å². The standard InChI is InChI=1S/C36H45NO8Si/c1-26(38)43-33-32(24-42-46(35(3,4)5,30-13-9-7-10-14-30)31-15-11-8-12-16-31)45-36(34(33)44-27(2)39)25-37(21-22-41-36)23-28-17-19-29(40-6)20-18-28/h7-20,32-34H,21-25H2,1-6H3/t32-,33-,34+,36-/m1/s1. The second kappa shape index (κ2) is 14.1. The number of rotatable bonds is 10. The van der Waals surface area contributed by atoms with Crippen molar-refractivity contribution in [3.8, 4) is 5.75 Å². The molecule has 246 valence electrons. The largest absolute Gasteiger partial charge is 0.497 e. The van der Waals surface area contributed by atoms with Crippen molar-refractivity contribution in [3.05, 3.63) is 90.5 Å². The molecule has 0 N–H and O–H groups in total. The highest BCUT2D eigenvalue weighted by Gasteiger charge is 2.62. The summed E-state index contributed by atoms with van der Waals surface area (Å²) in [6, 6.07) is 28.5. The fraction of sp³-hybridized carbons (Fsp3) is 0.444. The predicted octanol–water partition coefficient (Wildman–Crippen LogP) is 4.06. The summed E-state index contributed by atoms with van der Waals surface area (Å²) in [6.45, 7) is 11.3. The molecule has 0 aromatic heterocycles. The Bertz CT molecular complexity index is 1420. The quantitative estimate of drug-likeness (QED) is 0.239. The minimum absolute atomic E-state index is 0.0899. The lowest BCUT2D eigenvalue weighted by molar-refractivity contribution is -0.289. The van der Waals surface area contributed by atoms with Crippen LogP contribution in [0.1, 0.15) is 40.2 Å². The number of carbonyl (C=O) groups is 2. The molecule has 9 nitrogen and oxygen atoms in total. The summed E-state index contributed by atoms with van der Waals surface area (Å²) in [5.74, 6) is -1.61. The third-order valence-corrected chi connectivity index (χ3v) is 13.7. The molecule has 0 aliphatic carbocycles. The van der Waals surface area contributed by atoms with Gasteiger partial charge in [0.15, 0.2) is 12.2 Å². The fourth-order valence-electron chi connectivity index (χ4n) is 6.75. The Morgan fingerprint density at radius 3 is 2.00 bits per heavy atom. The normalized spacial score (nSPS) is 23.7. The Morgan fingerprint density at radius 2 is 1.48 bits per heavy atom. The number of esters is 2. The maximum Gasteiger partial charge on any atom is 0.303 e. The van der Waals surface area contributed by atoms with Gasteiger partial charge in [-0.3, -0.25) is 14.5 Å². The summed E-state index contributed by atoms with van der Waals surface area (Å²) < 4.78 is 37.4. The van der Waals surface area contributed by atoms with Crippen molar-refractivity contribution in [2.24, 2.45) is 0 Å². The molecule has 5 rings (SSSR count). The van der Waals surface area contributed by atoms with Gasteiger partial charge in [-0.1, -0.05) is 93.6 Å². The molecular weight excluding hydrogens is 602 g/mol. The summed E-state index contributed by atoms with van der Waals surface area (Å²) in [5, 5.41) is 1.94. The lowest BCUT2D eigenvalue weighted by Crippen LogP contribution is -2.67. The molecule has 10 heteroatoms. The summed E-state index contributed by atoms with van der Waals surface area (Å²) in [7, 11) is -1.32. The predicted molar refractivity (Wildman–Crippen MR) is 177 cm³/mol. The monoisotopic (exact) mass is 647 g/mol. The third kappa shape index (κ3) is 7.06. The Morgan fingerprint density at radius 1 is 0.891 bits per heavy atom. The van der Waals surface area contributed by atoms with Crippen LogP contribution >= 0.6 is 0 Å². The first-order chi connectivity index (χ1) is 22.0. The second-order valence-corrected chi connectivity index (χ2v) is 17.3. The molecule has 0 unspecified atom stereocenters. The van der Waals surface area contributed by atoms with Gasteiger partial charge >= 0.3 is 11.9 Å². The van der Waals surface area contributed by atoms with Crippen LogP contribution in [0, 0.1) is 0 Å². The summed E-state index contributed by atoms with van der Waals surface area (Å²) in [4.78, 5) is 27.2. The van der Waals surface area contributed by atoms with E-state index < -0.39 is 44.4 Å². The molecule has 0 saturated carbocycles. The number of nitrogens with zero attached hydrogens (tertiary/aromatic N) is 1. The van der Waals surface area contributed by atoms with Gasteiger partial charge in [-0.25, -0.2) is 0 Å². The molecule has 2 fully saturated rings. The van der Waals surface area contributed by atoms with Gasteiger partial charge in [-0.15, -0.1) is 0 Å². The molecule has 2 heterocycles. The van der Waals surface area contributed by atoms with E-state index >= 15 is 0 Å². The highest BCUT2D eigenvalue weighted by atomic mass is 28.4. The van der Waals surface area contributed by atoms with Gasteiger partial charge in [0.1, 0.15) is 11.9 Å². The van der Waals surface area contributed by atoms with Gasteiger partial charge < -0.3 is 28.1 Å². The first-order valence-corrected chi connectivity index (χ1v) is 17.6. The van der Waals surface area contributed by atoms with E-state index in [0.717, 1.165) is 21.7 Å². The summed E-state index contributed by atoms with van der Waals surface area (Å²) in [6.07, 6.45) is -2.71. The second-order valence-electron chi connectivity index (χ2n) is 13.0. The maximum absolute atomic E-state index is 12.5. The lowest BCUT2D eigenvalue weighted by Gasteiger charge is -2.44. The minimum Gasteiger partial charge on any atom is -0.497 e. The van der Waals surface area contributed by atoms with Gasteiger partial charge in [0.05, 0.1) is 26.9 Å². The summed E-state index contributed by atoms with van der Waals surface area (Å²) in [5.41, 5.74) is 1.09. The highest BCUT2D eigenvalue weighted by molar-refractivity contribution is 6.99. The zero-order valence-corrected chi connectivity index (χ0v) is 28.6. The Hall–Kier alpha value is -3.54. The van der Waals surface area contributed by atoms with Gasteiger partial charge in [0.2, 0.25) is 5.79 Å². The van der Waals surface area contributed by atoms with Crippen LogP contribution in [0.15, 0.2) is 84.9 Å². The van der Waals surface area contributed by atoms with E-state index in [2.05, 4.69) is 49.9 Å². The average molecular weight is 648 g/mol. The zero-order valence-electron chi connectivity index (χ0n) is 27.6. The van der Waals surface area contributed by atoms with E-state index in [1.807, 2.05) is 60.7 Å². The van der Waals surface area contributed by atoms with Crippen LogP contribution in [-0.2, 0) is 39.5 Å². The number of ether oxygens (including phenoxy) is 5. The number of benzene rings is 3. The summed E-state index contributed by atoms with van der Waals surface area (Å²) >= 11 is 0. The molecule has 1 spiro atoms. The van der Waals surface area contributed by atoms with Crippen LogP contribution in [0.4, 0.5) is 0 Å². The van der Waals surface area contributed by atoms with Gasteiger partial charge in [0, 0.05) is 26.9 Å². The number of morpholine rings is 1. The lowest BCUT2D eigenvalue weighted by atomic mass is 10.0. The molecule has 0 amide bonds. The van der Waals surface area contributed by atoms with Gasteiger partial charge in [-0.2, -0.15) is 0 Å². The average Bonchev–Trinajstić information content (AvgIpc) is 3.27. The molecular formula is C36H45NO8Si. The molecule has 2 saturated heterocycles. The molecule has 0 radical (unpaired) electrons. The number of carbonyl (C=O) groups excluding carboxylic acids is 2. The van der Waals surface area contributed by atoms with Crippen LogP contribution in [0.5, 0.6) is 5.75 Å². The molecule has 3 aromatic rings. The van der Waals surface area contributed by atoms with Gasteiger partial charge in [-0.05, 0) is 33.1 Å². The minimum atomic E-state index is -2.96. The van der Waals surface area contributed by atoms with Crippen LogP contribution in [0.2, 0.25) is 5.04 Å². The van der Waals surface area contributed by atoms with Gasteiger partial charge in [0.25, 0.3) is 8.32 Å². The van der Waals surface area contributed by atoms with E-state index in [0.29, 0.717) is 26.2 Å². The molecule has 4 atom stereocenters. The van der Waals surface area contributed by atoms with Crippen molar-refractivity contribution < 1.29 is 37.7 Å². The van der Waals surface area contributed by atoms with Crippen molar-refractivity contribution in [1.82, 2.24) is 4.90 Å². The van der Waals surface area contributed by atoms with Crippen LogP contribution in [-0.4, -0.2) is 82.7 Å². The highest BCUT2D eigenvalue weighted by Crippen LogP contribution is 2.42. The van der Waals surface area contributed by atoms with E-state index in [4.69, 9.17) is 28.1 Å². The molecule has 2 aliphatic heterocycles. The Balaban J connectivity index is 1.49. The Kier molecular flexibility index (Phi) is 10.3. The SMILES string of the molecule is COc1ccc(CN2CCO[C@]3(C2)O[C@H](CO[Si](c2ccccc2)(c2ccccc2)C(C)(C)C)[C@@H](OC(C)=O)[C@@H]3OC(C)=O)cc1.